The molecular formula is C27H28N2O4Si. The lowest BCUT2D eigenvalue weighted by molar-refractivity contribution is -0.172. The molecule has 0 aliphatic carbocycles. The Morgan fingerprint density at radius 2 is 1.97 bits per heavy atom. The van der Waals surface area contributed by atoms with Crippen LogP contribution in [0, 0.1) is 11.5 Å². The Morgan fingerprint density at radius 3 is 2.65 bits per heavy atom. The number of carbonyl (C=O) groups is 1. The van der Waals surface area contributed by atoms with Crippen LogP contribution >= 0.6 is 0 Å². The lowest BCUT2D eigenvalue weighted by Crippen LogP contribution is -2.44. The van der Waals surface area contributed by atoms with Crippen LogP contribution in [0.25, 0.3) is 22.3 Å². The van der Waals surface area contributed by atoms with Gasteiger partial charge in [0, 0.05) is 22.1 Å². The van der Waals surface area contributed by atoms with Crippen molar-refractivity contribution in [1.29, 1.82) is 0 Å². The molecule has 174 valence electrons. The van der Waals surface area contributed by atoms with Crippen molar-refractivity contribution in [2.45, 2.75) is 65.1 Å². The average molecular weight is 473 g/mol. The normalized spacial score (nSPS) is 18.6. The molecule has 0 saturated heterocycles. The van der Waals surface area contributed by atoms with E-state index in [0.717, 1.165) is 39.7 Å². The fourth-order valence-electron chi connectivity index (χ4n) is 4.97. The summed E-state index contributed by atoms with van der Waals surface area (Å²) >= 11 is 0. The molecule has 3 aromatic rings. The van der Waals surface area contributed by atoms with Crippen LogP contribution in [-0.4, -0.2) is 28.7 Å². The van der Waals surface area contributed by atoms with Crippen molar-refractivity contribution in [3.8, 4) is 22.9 Å². The quantitative estimate of drug-likeness (QED) is 0.272. The van der Waals surface area contributed by atoms with Gasteiger partial charge in [0.15, 0.2) is 5.60 Å². The summed E-state index contributed by atoms with van der Waals surface area (Å²) in [5.74, 6) is 2.70. The van der Waals surface area contributed by atoms with Gasteiger partial charge in [-0.1, -0.05) is 45.5 Å². The van der Waals surface area contributed by atoms with E-state index in [-0.39, 0.29) is 18.6 Å². The number of carbonyl (C=O) groups excluding carboxylic acids is 1. The number of aliphatic hydroxyl groups is 1. The second kappa shape index (κ2) is 7.65. The molecule has 4 heterocycles. The fraction of sp³-hybridized carbons (Fsp3) is 0.370. The number of pyridine rings is 2. The first-order valence-corrected chi connectivity index (χ1v) is 15.2. The zero-order chi connectivity index (χ0) is 24.4. The number of ether oxygens (including phenoxy) is 1. The first-order chi connectivity index (χ1) is 16.1. The number of fused-ring (bicyclic) bond motifs is 5. The molecule has 1 N–H and O–H groups in total. The number of hydrogen-bond acceptors (Lipinski definition) is 5. The SMILES string of the molecule is CCc1c2c(nc3cccc(C#C[Si](C)(C)C)c13)-c1cc3c(c(=O)n1C2)COC(=O)[C@]3(O)CC. The highest BCUT2D eigenvalue weighted by Gasteiger charge is 2.45. The Hall–Kier alpha value is -3.21. The fourth-order valence-corrected chi connectivity index (χ4v) is 5.48. The van der Waals surface area contributed by atoms with E-state index in [9.17, 15) is 14.7 Å². The number of aryl methyl sites for hydroxylation is 1. The number of esters is 1. The van der Waals surface area contributed by atoms with E-state index < -0.39 is 19.6 Å². The van der Waals surface area contributed by atoms with Crippen LogP contribution in [0.3, 0.4) is 0 Å². The van der Waals surface area contributed by atoms with Gasteiger partial charge in [0.1, 0.15) is 14.7 Å². The third-order valence-electron chi connectivity index (χ3n) is 6.75. The predicted molar refractivity (Wildman–Crippen MR) is 134 cm³/mol. The Kier molecular flexibility index (Phi) is 5.08. The maximum Gasteiger partial charge on any atom is 0.343 e. The Labute approximate surface area is 199 Å². The summed E-state index contributed by atoms with van der Waals surface area (Å²) in [4.78, 5) is 30.9. The highest BCUT2D eigenvalue weighted by atomic mass is 28.3. The Balaban J connectivity index is 1.79. The summed E-state index contributed by atoms with van der Waals surface area (Å²) < 4.78 is 6.87. The van der Waals surface area contributed by atoms with Gasteiger partial charge in [-0.2, -0.15) is 0 Å². The van der Waals surface area contributed by atoms with Gasteiger partial charge in [-0.25, -0.2) is 9.78 Å². The zero-order valence-electron chi connectivity index (χ0n) is 20.2. The molecule has 0 unspecified atom stereocenters. The molecule has 0 spiro atoms. The molecule has 1 aromatic carbocycles. The lowest BCUT2D eigenvalue weighted by Gasteiger charge is -2.31. The molecule has 2 aliphatic rings. The van der Waals surface area contributed by atoms with Crippen molar-refractivity contribution in [3.63, 3.8) is 0 Å². The summed E-state index contributed by atoms with van der Waals surface area (Å²) in [7, 11) is -1.56. The summed E-state index contributed by atoms with van der Waals surface area (Å²) in [6.45, 7) is 10.8. The Bertz CT molecular complexity index is 1500. The zero-order valence-corrected chi connectivity index (χ0v) is 21.2. The number of nitrogens with zero attached hydrogens (tertiary/aromatic N) is 2. The molecule has 2 aromatic heterocycles. The summed E-state index contributed by atoms with van der Waals surface area (Å²) in [6, 6.07) is 7.75. The number of cyclic esters (lactones) is 1. The molecule has 0 bridgehead atoms. The molecule has 34 heavy (non-hydrogen) atoms. The minimum absolute atomic E-state index is 0.124. The number of hydrogen-bond donors (Lipinski definition) is 1. The third-order valence-corrected chi connectivity index (χ3v) is 7.63. The molecule has 7 heteroatoms. The summed E-state index contributed by atoms with van der Waals surface area (Å²) in [5.41, 5.74) is 7.39. The molecule has 2 aliphatic heterocycles. The average Bonchev–Trinajstić information content (AvgIpc) is 3.17. The van der Waals surface area contributed by atoms with E-state index in [4.69, 9.17) is 9.72 Å². The molecule has 5 rings (SSSR count). The van der Waals surface area contributed by atoms with Gasteiger partial charge >= 0.3 is 5.97 Å². The van der Waals surface area contributed by atoms with Gasteiger partial charge in [0.05, 0.1) is 29.0 Å². The number of rotatable bonds is 2. The van der Waals surface area contributed by atoms with Crippen LogP contribution in [0.2, 0.25) is 19.6 Å². The van der Waals surface area contributed by atoms with Gasteiger partial charge in [-0.3, -0.25) is 4.79 Å². The first-order valence-electron chi connectivity index (χ1n) is 11.7. The smallest absolute Gasteiger partial charge is 0.343 e. The second-order valence-electron chi connectivity index (χ2n) is 10.1. The van der Waals surface area contributed by atoms with Gasteiger partial charge in [-0.05, 0) is 36.6 Å². The van der Waals surface area contributed by atoms with Crippen LogP contribution in [0.5, 0.6) is 0 Å². The summed E-state index contributed by atoms with van der Waals surface area (Å²) in [5, 5.41) is 12.1. The molecule has 0 fully saturated rings. The third kappa shape index (κ3) is 3.24. The van der Waals surface area contributed by atoms with Crippen molar-refractivity contribution >= 4 is 24.9 Å². The van der Waals surface area contributed by atoms with Gasteiger partial charge in [0.25, 0.3) is 5.56 Å². The molecular weight excluding hydrogens is 444 g/mol. The molecule has 1 atom stereocenters. The highest BCUT2D eigenvalue weighted by Crippen LogP contribution is 2.40. The van der Waals surface area contributed by atoms with Crippen molar-refractivity contribution in [1.82, 2.24) is 9.55 Å². The largest absolute Gasteiger partial charge is 0.458 e. The topological polar surface area (TPSA) is 81.4 Å². The van der Waals surface area contributed by atoms with E-state index in [0.29, 0.717) is 23.4 Å². The van der Waals surface area contributed by atoms with Crippen LogP contribution in [0.4, 0.5) is 0 Å². The number of benzene rings is 1. The maximum absolute atomic E-state index is 13.5. The minimum atomic E-state index is -1.82. The maximum atomic E-state index is 13.5. The predicted octanol–water partition coefficient (Wildman–Crippen LogP) is 3.87. The van der Waals surface area contributed by atoms with Crippen LogP contribution in [-0.2, 0) is 34.7 Å². The van der Waals surface area contributed by atoms with Crippen molar-refractivity contribution < 1.29 is 14.6 Å². The van der Waals surface area contributed by atoms with E-state index >= 15 is 0 Å². The van der Waals surface area contributed by atoms with Crippen molar-refractivity contribution in [3.05, 3.63) is 62.4 Å². The summed E-state index contributed by atoms with van der Waals surface area (Å²) in [6.07, 6.45) is 0.898. The second-order valence-corrected chi connectivity index (χ2v) is 14.8. The van der Waals surface area contributed by atoms with Gasteiger partial charge in [0.2, 0.25) is 0 Å². The van der Waals surface area contributed by atoms with Crippen molar-refractivity contribution in [2.75, 3.05) is 0 Å². The number of aromatic nitrogens is 2. The monoisotopic (exact) mass is 472 g/mol. The van der Waals surface area contributed by atoms with Gasteiger partial charge < -0.3 is 14.4 Å². The van der Waals surface area contributed by atoms with Gasteiger partial charge in [-0.15, -0.1) is 5.54 Å². The van der Waals surface area contributed by atoms with E-state index in [1.165, 1.54) is 0 Å². The Morgan fingerprint density at radius 1 is 1.21 bits per heavy atom. The highest BCUT2D eigenvalue weighted by molar-refractivity contribution is 6.83. The molecule has 0 radical (unpaired) electrons. The van der Waals surface area contributed by atoms with Crippen LogP contribution < -0.4 is 5.56 Å². The van der Waals surface area contributed by atoms with Crippen LogP contribution in [0.15, 0.2) is 29.1 Å². The molecule has 0 saturated carbocycles. The first kappa shape index (κ1) is 22.6. The van der Waals surface area contributed by atoms with E-state index in [1.807, 2.05) is 18.2 Å². The van der Waals surface area contributed by atoms with Crippen molar-refractivity contribution in [2.24, 2.45) is 0 Å². The van der Waals surface area contributed by atoms with Crippen LogP contribution in [0.1, 0.15) is 48.1 Å². The van der Waals surface area contributed by atoms with E-state index in [2.05, 4.69) is 38.0 Å². The lowest BCUT2D eigenvalue weighted by atomic mass is 9.86. The minimum Gasteiger partial charge on any atom is -0.458 e. The van der Waals surface area contributed by atoms with E-state index in [1.54, 1.807) is 17.6 Å². The molecule has 0 amide bonds. The molecule has 6 nitrogen and oxygen atoms in total. The standard InChI is InChI=1S/C27H28N2O4Si/c1-6-17-18-14-29-22(13-20-19(25(29)30)15-33-26(31)27(20,32)7-2)24(18)28-21-10-8-9-16(23(17)21)11-12-34(3,4)5/h8-10,13,32H,6-7,14-15H2,1-5H3/t27-/m0/s1.